The van der Waals surface area contributed by atoms with Gasteiger partial charge in [-0.15, -0.1) is 10.2 Å². The molecule has 0 saturated carbocycles. The van der Waals surface area contributed by atoms with E-state index in [1.807, 2.05) is 45.0 Å². The zero-order valence-corrected chi connectivity index (χ0v) is 14.2. The van der Waals surface area contributed by atoms with Crippen LogP contribution in [0.1, 0.15) is 27.2 Å². The monoisotopic (exact) mass is 319 g/mol. The van der Waals surface area contributed by atoms with E-state index in [-0.39, 0.29) is 11.8 Å². The Morgan fingerprint density at radius 3 is 2.50 bits per heavy atom. The van der Waals surface area contributed by atoms with Gasteiger partial charge in [0.15, 0.2) is 0 Å². The van der Waals surface area contributed by atoms with Gasteiger partial charge in [0.1, 0.15) is 10.8 Å². The summed E-state index contributed by atoms with van der Waals surface area (Å²) in [5.41, 5.74) is 0.970. The molecule has 0 aliphatic carbocycles. The number of anilines is 1. The van der Waals surface area contributed by atoms with E-state index in [0.29, 0.717) is 11.7 Å². The second kappa shape index (κ2) is 7.35. The summed E-state index contributed by atoms with van der Waals surface area (Å²) in [6, 6.07) is 7.66. The van der Waals surface area contributed by atoms with Gasteiger partial charge in [0.25, 0.3) is 0 Å². The maximum absolute atomic E-state index is 12.3. The number of benzene rings is 1. The molecule has 1 aromatic heterocycles. The number of nitrogens with zero attached hydrogens (tertiary/aromatic N) is 3. The van der Waals surface area contributed by atoms with Crippen LogP contribution >= 0.6 is 11.3 Å². The Balaban J connectivity index is 2.26. The number of carbonyl (C=O) groups excluding carboxylic acids is 1. The summed E-state index contributed by atoms with van der Waals surface area (Å²) in [5, 5.41) is 9.88. The number of hydrogen-bond donors (Lipinski definition) is 0. The third-order valence-electron chi connectivity index (χ3n) is 3.19. The molecule has 1 aromatic carbocycles. The third-order valence-corrected chi connectivity index (χ3v) is 4.18. The molecule has 0 unspecified atom stereocenters. The van der Waals surface area contributed by atoms with Crippen LogP contribution in [-0.2, 0) is 4.79 Å². The van der Waals surface area contributed by atoms with Crippen LogP contribution in [0, 0.1) is 5.92 Å². The smallest absolute Gasteiger partial charge is 0.231 e. The molecule has 6 heteroatoms. The van der Waals surface area contributed by atoms with Crippen LogP contribution < -0.4 is 9.64 Å². The number of hydrogen-bond acceptors (Lipinski definition) is 5. The molecule has 0 bridgehead atoms. The highest BCUT2D eigenvalue weighted by Crippen LogP contribution is 2.30. The zero-order valence-electron chi connectivity index (χ0n) is 13.4. The van der Waals surface area contributed by atoms with E-state index >= 15 is 0 Å². The Hall–Kier alpha value is -1.95. The Morgan fingerprint density at radius 1 is 1.27 bits per heavy atom. The highest BCUT2D eigenvalue weighted by molar-refractivity contribution is 7.18. The minimum Gasteiger partial charge on any atom is -0.497 e. The number of rotatable bonds is 6. The van der Waals surface area contributed by atoms with Gasteiger partial charge in [-0.2, -0.15) is 0 Å². The average Bonchev–Trinajstić information content (AvgIpc) is 3.01. The molecular weight excluding hydrogens is 298 g/mol. The molecule has 1 heterocycles. The number of amides is 1. The van der Waals surface area contributed by atoms with Crippen molar-refractivity contribution < 1.29 is 9.53 Å². The van der Waals surface area contributed by atoms with Crippen molar-refractivity contribution in [1.82, 2.24) is 10.2 Å². The molecule has 0 aliphatic heterocycles. The molecule has 22 heavy (non-hydrogen) atoms. The Labute approximate surface area is 134 Å². The Morgan fingerprint density at radius 2 is 1.95 bits per heavy atom. The number of ether oxygens (including phenoxy) is 1. The molecule has 2 aromatic rings. The van der Waals surface area contributed by atoms with E-state index in [0.717, 1.165) is 22.7 Å². The van der Waals surface area contributed by atoms with Crippen LogP contribution in [0.25, 0.3) is 10.6 Å². The molecule has 0 saturated heterocycles. The highest BCUT2D eigenvalue weighted by atomic mass is 32.1. The molecule has 0 fully saturated rings. The predicted molar refractivity (Wildman–Crippen MR) is 89.4 cm³/mol. The SMILES string of the molecule is CCCN(C(=O)C(C)C)c1nnc(-c2ccc(OC)cc2)s1. The lowest BCUT2D eigenvalue weighted by Crippen LogP contribution is -2.34. The Bertz CT molecular complexity index is 623. The number of aromatic nitrogens is 2. The Kier molecular flexibility index (Phi) is 5.49. The molecule has 2 rings (SSSR count). The van der Waals surface area contributed by atoms with E-state index in [9.17, 15) is 4.79 Å². The van der Waals surface area contributed by atoms with Crippen molar-refractivity contribution in [3.8, 4) is 16.3 Å². The van der Waals surface area contributed by atoms with E-state index in [1.54, 1.807) is 12.0 Å². The van der Waals surface area contributed by atoms with Gasteiger partial charge in [-0.05, 0) is 30.7 Å². The molecule has 1 amide bonds. The summed E-state index contributed by atoms with van der Waals surface area (Å²) in [5.74, 6) is 0.829. The maximum atomic E-state index is 12.3. The summed E-state index contributed by atoms with van der Waals surface area (Å²) in [4.78, 5) is 14.0. The molecule has 0 radical (unpaired) electrons. The van der Waals surface area contributed by atoms with E-state index in [1.165, 1.54) is 11.3 Å². The summed E-state index contributed by atoms with van der Waals surface area (Å²) in [6.45, 7) is 6.51. The quantitative estimate of drug-likeness (QED) is 0.816. The normalized spacial score (nSPS) is 10.8. The minimum absolute atomic E-state index is 0.0557. The van der Waals surface area contributed by atoms with E-state index in [4.69, 9.17) is 4.74 Å². The van der Waals surface area contributed by atoms with Gasteiger partial charge in [-0.1, -0.05) is 32.1 Å². The van der Waals surface area contributed by atoms with Crippen LogP contribution in [-0.4, -0.2) is 29.8 Å². The topological polar surface area (TPSA) is 55.3 Å². The van der Waals surface area contributed by atoms with Crippen molar-refractivity contribution in [2.45, 2.75) is 27.2 Å². The van der Waals surface area contributed by atoms with Gasteiger partial charge in [0.05, 0.1) is 7.11 Å². The third kappa shape index (κ3) is 3.62. The molecule has 0 atom stereocenters. The minimum atomic E-state index is -0.0557. The van der Waals surface area contributed by atoms with Crippen LogP contribution in [0.3, 0.4) is 0 Å². The first kappa shape index (κ1) is 16.4. The van der Waals surface area contributed by atoms with Gasteiger partial charge in [0.2, 0.25) is 11.0 Å². The van der Waals surface area contributed by atoms with E-state index < -0.39 is 0 Å². The lowest BCUT2D eigenvalue weighted by molar-refractivity contribution is -0.121. The maximum Gasteiger partial charge on any atom is 0.231 e. The van der Waals surface area contributed by atoms with Crippen LogP contribution in [0.15, 0.2) is 24.3 Å². The second-order valence-corrected chi connectivity index (χ2v) is 6.22. The molecule has 0 aliphatic rings. The molecule has 118 valence electrons. The van der Waals surface area contributed by atoms with Gasteiger partial charge >= 0.3 is 0 Å². The first-order valence-corrected chi connectivity index (χ1v) is 8.17. The van der Waals surface area contributed by atoms with E-state index in [2.05, 4.69) is 10.2 Å². The summed E-state index contributed by atoms with van der Waals surface area (Å²) in [6.07, 6.45) is 0.885. The average molecular weight is 319 g/mol. The van der Waals surface area contributed by atoms with Crippen molar-refractivity contribution in [3.63, 3.8) is 0 Å². The second-order valence-electron chi connectivity index (χ2n) is 5.26. The van der Waals surface area contributed by atoms with Crippen LogP contribution in [0.2, 0.25) is 0 Å². The predicted octanol–water partition coefficient (Wildman–Crippen LogP) is 3.61. The molecular formula is C16H21N3O2S. The lowest BCUT2D eigenvalue weighted by atomic mass is 10.2. The molecule has 0 N–H and O–H groups in total. The standard InChI is InChI=1S/C16H21N3O2S/c1-5-10-19(15(20)11(2)3)16-18-17-14(22-16)12-6-8-13(21-4)9-7-12/h6-9,11H,5,10H2,1-4H3. The molecule has 0 spiro atoms. The van der Waals surface area contributed by atoms with Crippen molar-refractivity contribution in [1.29, 1.82) is 0 Å². The summed E-state index contributed by atoms with van der Waals surface area (Å²) in [7, 11) is 1.64. The summed E-state index contributed by atoms with van der Waals surface area (Å²) >= 11 is 1.44. The van der Waals surface area contributed by atoms with Crippen molar-refractivity contribution in [3.05, 3.63) is 24.3 Å². The fourth-order valence-corrected chi connectivity index (χ4v) is 2.89. The largest absolute Gasteiger partial charge is 0.497 e. The first-order valence-electron chi connectivity index (χ1n) is 7.36. The van der Waals surface area contributed by atoms with Gasteiger partial charge in [-0.3, -0.25) is 9.69 Å². The van der Waals surface area contributed by atoms with Gasteiger partial charge in [-0.25, -0.2) is 0 Å². The highest BCUT2D eigenvalue weighted by Gasteiger charge is 2.22. The van der Waals surface area contributed by atoms with Gasteiger partial charge < -0.3 is 4.74 Å². The first-order chi connectivity index (χ1) is 10.6. The number of carbonyl (C=O) groups is 1. The fourth-order valence-electron chi connectivity index (χ4n) is 2.01. The summed E-state index contributed by atoms with van der Waals surface area (Å²) < 4.78 is 5.15. The van der Waals surface area contributed by atoms with Crippen LogP contribution in [0.5, 0.6) is 5.75 Å². The molecule has 5 nitrogen and oxygen atoms in total. The van der Waals surface area contributed by atoms with Crippen molar-refractivity contribution >= 4 is 22.4 Å². The van der Waals surface area contributed by atoms with Crippen LogP contribution in [0.4, 0.5) is 5.13 Å². The fraction of sp³-hybridized carbons (Fsp3) is 0.438. The number of methoxy groups -OCH3 is 1. The zero-order chi connectivity index (χ0) is 16.1. The van der Waals surface area contributed by atoms with Crippen molar-refractivity contribution in [2.75, 3.05) is 18.6 Å². The van der Waals surface area contributed by atoms with Gasteiger partial charge in [0, 0.05) is 18.0 Å². The lowest BCUT2D eigenvalue weighted by Gasteiger charge is -2.20. The van der Waals surface area contributed by atoms with Crippen molar-refractivity contribution in [2.24, 2.45) is 5.92 Å².